The van der Waals surface area contributed by atoms with E-state index in [0.29, 0.717) is 13.2 Å². The molecule has 17 heavy (non-hydrogen) atoms. The summed E-state index contributed by atoms with van der Waals surface area (Å²) in [6, 6.07) is 3.85. The predicted molar refractivity (Wildman–Crippen MR) is 66.9 cm³/mol. The minimum Gasteiger partial charge on any atom is -0.468 e. The highest BCUT2D eigenvalue weighted by molar-refractivity contribution is 4.97. The van der Waals surface area contributed by atoms with Gasteiger partial charge in [-0.2, -0.15) is 0 Å². The highest BCUT2D eigenvalue weighted by Crippen LogP contribution is 1.98. The molecule has 1 heterocycles. The Labute approximate surface area is 103 Å². The van der Waals surface area contributed by atoms with Crippen molar-refractivity contribution in [2.24, 2.45) is 0 Å². The van der Waals surface area contributed by atoms with Crippen LogP contribution in [0.4, 0.5) is 0 Å². The summed E-state index contributed by atoms with van der Waals surface area (Å²) in [6.07, 6.45) is 2.93. The summed E-state index contributed by atoms with van der Waals surface area (Å²) in [7, 11) is 0. The van der Waals surface area contributed by atoms with E-state index in [1.54, 1.807) is 6.26 Å². The van der Waals surface area contributed by atoms with E-state index in [1.165, 1.54) is 0 Å². The molecule has 4 heteroatoms. The van der Waals surface area contributed by atoms with E-state index in [1.807, 2.05) is 12.1 Å². The van der Waals surface area contributed by atoms with Crippen LogP contribution in [0.25, 0.3) is 0 Å². The van der Waals surface area contributed by atoms with Crippen LogP contribution < -0.4 is 5.32 Å². The van der Waals surface area contributed by atoms with Gasteiger partial charge in [-0.25, -0.2) is 0 Å². The summed E-state index contributed by atoms with van der Waals surface area (Å²) < 4.78 is 16.1. The van der Waals surface area contributed by atoms with E-state index >= 15 is 0 Å². The zero-order valence-corrected chi connectivity index (χ0v) is 10.8. The zero-order valence-electron chi connectivity index (χ0n) is 10.8. The first-order chi connectivity index (χ1) is 8.33. The van der Waals surface area contributed by atoms with E-state index in [2.05, 4.69) is 19.2 Å². The molecule has 0 aliphatic rings. The van der Waals surface area contributed by atoms with Crippen molar-refractivity contribution in [1.82, 2.24) is 5.32 Å². The molecule has 1 rings (SSSR count). The summed E-state index contributed by atoms with van der Waals surface area (Å²) in [6.45, 7) is 7.85. The second-order valence-corrected chi connectivity index (χ2v) is 4.00. The number of hydrogen-bond donors (Lipinski definition) is 1. The molecule has 1 N–H and O–H groups in total. The molecule has 1 aromatic heterocycles. The van der Waals surface area contributed by atoms with Crippen LogP contribution >= 0.6 is 0 Å². The van der Waals surface area contributed by atoms with Gasteiger partial charge < -0.3 is 19.2 Å². The van der Waals surface area contributed by atoms with Crippen LogP contribution in [0, 0.1) is 0 Å². The number of nitrogens with one attached hydrogen (secondary N) is 1. The third kappa shape index (κ3) is 7.15. The van der Waals surface area contributed by atoms with Crippen molar-refractivity contribution in [3.63, 3.8) is 0 Å². The quantitative estimate of drug-likeness (QED) is 0.638. The molecule has 0 aromatic carbocycles. The maximum absolute atomic E-state index is 5.59. The van der Waals surface area contributed by atoms with Crippen molar-refractivity contribution in [2.45, 2.75) is 32.9 Å². The van der Waals surface area contributed by atoms with Gasteiger partial charge in [-0.05, 0) is 25.5 Å². The van der Waals surface area contributed by atoms with E-state index in [0.717, 1.165) is 31.9 Å². The highest BCUT2D eigenvalue weighted by atomic mass is 16.5. The minimum atomic E-state index is 0.190. The monoisotopic (exact) mass is 241 g/mol. The van der Waals surface area contributed by atoms with Crippen LogP contribution in [-0.4, -0.2) is 32.5 Å². The molecule has 0 amide bonds. The molecule has 0 saturated carbocycles. The van der Waals surface area contributed by atoms with Crippen molar-refractivity contribution >= 4 is 0 Å². The molecule has 4 nitrogen and oxygen atoms in total. The maximum Gasteiger partial charge on any atom is 0.117 e. The van der Waals surface area contributed by atoms with Gasteiger partial charge in [0.2, 0.25) is 0 Å². The summed E-state index contributed by atoms with van der Waals surface area (Å²) in [5.74, 6) is 0.948. The normalized spacial score (nSPS) is 12.8. The Balaban J connectivity index is 1.92. The van der Waals surface area contributed by atoms with Crippen molar-refractivity contribution in [3.8, 4) is 0 Å². The number of hydrogen-bond acceptors (Lipinski definition) is 4. The average Bonchev–Trinajstić information content (AvgIpc) is 2.82. The first-order valence-electron chi connectivity index (χ1n) is 6.25. The lowest BCUT2D eigenvalue weighted by atomic mass is 10.4. The van der Waals surface area contributed by atoms with E-state index < -0.39 is 0 Å². The number of furan rings is 1. The van der Waals surface area contributed by atoms with E-state index in [4.69, 9.17) is 13.9 Å². The molecule has 0 aliphatic heterocycles. The van der Waals surface area contributed by atoms with Crippen LogP contribution in [0.3, 0.4) is 0 Å². The molecule has 0 saturated heterocycles. The molecule has 0 bridgehead atoms. The average molecular weight is 241 g/mol. The fourth-order valence-corrected chi connectivity index (χ4v) is 1.43. The second-order valence-electron chi connectivity index (χ2n) is 4.00. The summed E-state index contributed by atoms with van der Waals surface area (Å²) >= 11 is 0. The van der Waals surface area contributed by atoms with Crippen molar-refractivity contribution < 1.29 is 13.9 Å². The molecule has 98 valence electrons. The van der Waals surface area contributed by atoms with Gasteiger partial charge in [-0.3, -0.25) is 0 Å². The van der Waals surface area contributed by atoms with Gasteiger partial charge in [0.15, 0.2) is 0 Å². The van der Waals surface area contributed by atoms with Crippen molar-refractivity contribution in [3.05, 3.63) is 24.2 Å². The van der Waals surface area contributed by atoms with Crippen LogP contribution in [0.2, 0.25) is 0 Å². The Hall–Kier alpha value is -0.840. The van der Waals surface area contributed by atoms with Gasteiger partial charge >= 0.3 is 0 Å². The fourth-order valence-electron chi connectivity index (χ4n) is 1.43. The number of rotatable bonds is 10. The number of ether oxygens (including phenoxy) is 2. The smallest absolute Gasteiger partial charge is 0.117 e. The standard InChI is InChI=1S/C13H23NO3/c1-3-6-15-8-9-16-12(2)10-14-11-13-5-4-7-17-13/h4-5,7,12,14H,3,6,8-11H2,1-2H3. The zero-order chi connectivity index (χ0) is 12.3. The van der Waals surface area contributed by atoms with Gasteiger partial charge in [0.1, 0.15) is 5.76 Å². The molecule has 0 spiro atoms. The molecular weight excluding hydrogens is 218 g/mol. The van der Waals surface area contributed by atoms with Crippen LogP contribution in [0.1, 0.15) is 26.0 Å². The molecule has 0 radical (unpaired) electrons. The topological polar surface area (TPSA) is 43.6 Å². The summed E-state index contributed by atoms with van der Waals surface area (Å²) in [5.41, 5.74) is 0. The molecule has 1 atom stereocenters. The largest absolute Gasteiger partial charge is 0.468 e. The SMILES string of the molecule is CCCOCCOC(C)CNCc1ccco1. The van der Waals surface area contributed by atoms with Crippen LogP contribution in [-0.2, 0) is 16.0 Å². The molecule has 0 aliphatic carbocycles. The lowest BCUT2D eigenvalue weighted by Crippen LogP contribution is -2.27. The summed E-state index contributed by atoms with van der Waals surface area (Å²) in [5, 5.41) is 3.28. The van der Waals surface area contributed by atoms with Gasteiger partial charge in [0.05, 0.1) is 32.1 Å². The fraction of sp³-hybridized carbons (Fsp3) is 0.692. The highest BCUT2D eigenvalue weighted by Gasteiger charge is 2.02. The van der Waals surface area contributed by atoms with Gasteiger partial charge in [0, 0.05) is 13.2 Å². The molecular formula is C13H23NO3. The van der Waals surface area contributed by atoms with Crippen molar-refractivity contribution in [1.29, 1.82) is 0 Å². The maximum atomic E-state index is 5.59. The molecule has 1 aromatic rings. The van der Waals surface area contributed by atoms with E-state index in [9.17, 15) is 0 Å². The van der Waals surface area contributed by atoms with Gasteiger partial charge in [-0.15, -0.1) is 0 Å². The predicted octanol–water partition coefficient (Wildman–Crippen LogP) is 2.20. The Morgan fingerprint density at radius 3 is 2.94 bits per heavy atom. The lowest BCUT2D eigenvalue weighted by molar-refractivity contribution is 0.0127. The molecule has 0 fully saturated rings. The van der Waals surface area contributed by atoms with E-state index in [-0.39, 0.29) is 6.10 Å². The van der Waals surface area contributed by atoms with Crippen LogP contribution in [0.15, 0.2) is 22.8 Å². The third-order valence-electron chi connectivity index (χ3n) is 2.29. The van der Waals surface area contributed by atoms with Crippen LogP contribution in [0.5, 0.6) is 0 Å². The van der Waals surface area contributed by atoms with Gasteiger partial charge in [0.25, 0.3) is 0 Å². The third-order valence-corrected chi connectivity index (χ3v) is 2.29. The van der Waals surface area contributed by atoms with Crippen molar-refractivity contribution in [2.75, 3.05) is 26.4 Å². The second kappa shape index (κ2) is 9.22. The Kier molecular flexibility index (Phi) is 7.71. The van der Waals surface area contributed by atoms with Gasteiger partial charge in [-0.1, -0.05) is 6.92 Å². The lowest BCUT2D eigenvalue weighted by Gasteiger charge is -2.13. The first-order valence-corrected chi connectivity index (χ1v) is 6.25. The Morgan fingerprint density at radius 2 is 2.24 bits per heavy atom. The minimum absolute atomic E-state index is 0.190. The Bertz CT molecular complexity index is 262. The first kappa shape index (κ1) is 14.2. The Morgan fingerprint density at radius 1 is 1.35 bits per heavy atom. The molecule has 1 unspecified atom stereocenters. The summed E-state index contributed by atoms with van der Waals surface area (Å²) in [4.78, 5) is 0.